The molecule has 1 atom stereocenters. The fourth-order valence-corrected chi connectivity index (χ4v) is 6.84. The predicted octanol–water partition coefficient (Wildman–Crippen LogP) is 2.02. The lowest BCUT2D eigenvalue weighted by Crippen LogP contribution is -2.55. The lowest BCUT2D eigenvalue weighted by atomic mass is 9.91. The van der Waals surface area contributed by atoms with Gasteiger partial charge in [-0.15, -0.1) is 0 Å². The molecule has 6 rings (SSSR count). The normalized spacial score (nSPS) is 21.3. The number of carbonyl (C=O) groups is 1. The topological polar surface area (TPSA) is 150 Å². The van der Waals surface area contributed by atoms with Gasteiger partial charge in [-0.25, -0.2) is 18.4 Å². The molecule has 4 heterocycles. The summed E-state index contributed by atoms with van der Waals surface area (Å²) in [6, 6.07) is 12.1. The van der Waals surface area contributed by atoms with Gasteiger partial charge in [-0.1, -0.05) is 23.7 Å². The van der Waals surface area contributed by atoms with Crippen LogP contribution >= 0.6 is 11.6 Å². The first-order chi connectivity index (χ1) is 18.8. The highest BCUT2D eigenvalue weighted by Gasteiger charge is 2.52. The summed E-state index contributed by atoms with van der Waals surface area (Å²) in [6.45, 7) is 1.90. The molecule has 1 spiro atoms. The number of piperidine rings is 1. The maximum Gasteiger partial charge on any atom is 0.261 e. The van der Waals surface area contributed by atoms with E-state index in [1.165, 1.54) is 10.6 Å². The summed E-state index contributed by atoms with van der Waals surface area (Å²) in [5.41, 5.74) is -0.466. The van der Waals surface area contributed by atoms with Crippen LogP contribution in [0.2, 0.25) is 5.02 Å². The van der Waals surface area contributed by atoms with E-state index >= 15 is 0 Å². The Morgan fingerprint density at radius 2 is 1.73 bits per heavy atom. The quantitative estimate of drug-likeness (QED) is 0.437. The number of fused-ring (bicyclic) bond motifs is 2. The van der Waals surface area contributed by atoms with Crippen LogP contribution in [0.25, 0.3) is 10.8 Å². The summed E-state index contributed by atoms with van der Waals surface area (Å²) in [5.74, 6) is 0.643. The second-order valence-electron chi connectivity index (χ2n) is 10.0. The zero-order chi connectivity index (χ0) is 28.7. The molecule has 1 N–H and O–H groups in total. The van der Waals surface area contributed by atoms with E-state index < -0.39 is 32.0 Å². The molecular weight excluding hydrogens is 582 g/mol. The van der Waals surface area contributed by atoms with Gasteiger partial charge < -0.3 is 14.5 Å². The first-order valence-electron chi connectivity index (χ1n) is 12.4. The molecule has 2 aromatic carbocycles. The van der Waals surface area contributed by atoms with E-state index in [1.807, 2.05) is 6.07 Å². The lowest BCUT2D eigenvalue weighted by molar-refractivity contribution is -0.144. The largest absolute Gasteiger partial charge is 0.356 e. The Kier molecular flexibility index (Phi) is 7.76. The number of nitrogens with zero attached hydrogens (tertiary/aromatic N) is 5. The van der Waals surface area contributed by atoms with Crippen molar-refractivity contribution >= 4 is 54.2 Å². The summed E-state index contributed by atoms with van der Waals surface area (Å²) in [7, 11) is -7.54. The molecule has 0 bridgehead atoms. The maximum atomic E-state index is 13.5. The first kappa shape index (κ1) is 28.6. The van der Waals surface area contributed by atoms with E-state index in [-0.39, 0.29) is 23.9 Å². The van der Waals surface area contributed by atoms with Gasteiger partial charge in [0.15, 0.2) is 0 Å². The van der Waals surface area contributed by atoms with Crippen molar-refractivity contribution in [3.05, 3.63) is 60.0 Å². The van der Waals surface area contributed by atoms with Crippen molar-refractivity contribution in [2.24, 2.45) is 0 Å². The molecule has 0 radical (unpaired) electrons. The number of halogens is 1. The number of amides is 1. The fourth-order valence-electron chi connectivity index (χ4n) is 5.24. The van der Waals surface area contributed by atoms with Crippen molar-refractivity contribution in [2.45, 2.75) is 29.6 Å². The highest BCUT2D eigenvalue weighted by atomic mass is 35.5. The van der Waals surface area contributed by atoms with E-state index in [2.05, 4.69) is 14.9 Å². The van der Waals surface area contributed by atoms with E-state index in [4.69, 9.17) is 20.9 Å². The molecule has 3 aliphatic rings. The maximum absolute atomic E-state index is 13.5. The molecule has 1 amide bonds. The summed E-state index contributed by atoms with van der Waals surface area (Å²) < 4.78 is 60.4. The van der Waals surface area contributed by atoms with E-state index in [0.717, 1.165) is 42.5 Å². The number of hydrogen-bond donors (Lipinski definition) is 1. The van der Waals surface area contributed by atoms with Crippen LogP contribution in [0.15, 0.2) is 59.9 Å². The van der Waals surface area contributed by atoms with Gasteiger partial charge in [0, 0.05) is 24.3 Å². The van der Waals surface area contributed by atoms with E-state index in [1.54, 1.807) is 47.5 Å². The molecule has 3 aromatic rings. The second kappa shape index (κ2) is 10.8. The highest BCUT2D eigenvalue weighted by molar-refractivity contribution is 7.89. The van der Waals surface area contributed by atoms with Crippen LogP contribution < -0.4 is 4.90 Å². The van der Waals surface area contributed by atoms with Crippen molar-refractivity contribution in [1.29, 1.82) is 0 Å². The molecule has 1 unspecified atom stereocenters. The van der Waals surface area contributed by atoms with Crippen molar-refractivity contribution < 1.29 is 30.9 Å². The van der Waals surface area contributed by atoms with Gasteiger partial charge in [0.1, 0.15) is 18.4 Å². The number of carbonyl (C=O) groups excluding carboxylic acids is 1. The Balaban J connectivity index is 0.000000595. The van der Waals surface area contributed by atoms with E-state index in [0.29, 0.717) is 17.8 Å². The number of piperazine rings is 1. The molecule has 214 valence electrons. The van der Waals surface area contributed by atoms with Crippen LogP contribution in [-0.4, -0.2) is 97.3 Å². The molecule has 1 aromatic heterocycles. The number of rotatable bonds is 3. The average Bonchev–Trinajstić information content (AvgIpc) is 3.26. The predicted molar refractivity (Wildman–Crippen MR) is 148 cm³/mol. The van der Waals surface area contributed by atoms with Crippen LogP contribution in [0.3, 0.4) is 0 Å². The molecule has 12 nitrogen and oxygen atoms in total. The third kappa shape index (κ3) is 6.21. The third-order valence-corrected chi connectivity index (χ3v) is 9.20. The molecule has 3 saturated heterocycles. The van der Waals surface area contributed by atoms with Crippen LogP contribution in [-0.2, 0) is 29.7 Å². The minimum Gasteiger partial charge on any atom is -0.356 e. The monoisotopic (exact) mass is 609 g/mol. The summed E-state index contributed by atoms with van der Waals surface area (Å²) in [4.78, 5) is 25.3. The average molecular weight is 610 g/mol. The number of aromatic nitrogens is 2. The van der Waals surface area contributed by atoms with Crippen LogP contribution in [0.1, 0.15) is 12.8 Å². The summed E-state index contributed by atoms with van der Waals surface area (Å²) in [5, 5.41) is 2.21. The Labute approximate surface area is 237 Å². The van der Waals surface area contributed by atoms with Gasteiger partial charge >= 0.3 is 0 Å². The molecule has 40 heavy (non-hydrogen) atoms. The van der Waals surface area contributed by atoms with Gasteiger partial charge in [0.05, 0.1) is 36.4 Å². The third-order valence-electron chi connectivity index (χ3n) is 7.16. The number of ether oxygens (including phenoxy) is 1. The van der Waals surface area contributed by atoms with Crippen molar-refractivity contribution in [2.75, 3.05) is 43.9 Å². The minimum atomic E-state index is -3.87. The van der Waals surface area contributed by atoms with E-state index in [9.17, 15) is 21.6 Å². The Hall–Kier alpha value is -2.88. The molecule has 0 aliphatic carbocycles. The highest BCUT2D eigenvalue weighted by Crippen LogP contribution is 2.38. The lowest BCUT2D eigenvalue weighted by Gasteiger charge is -2.38. The molecule has 3 aliphatic heterocycles. The number of hydrogen-bond acceptors (Lipinski definition) is 9. The van der Waals surface area contributed by atoms with Crippen LogP contribution in [0, 0.1) is 0 Å². The SMILES string of the molecule is CS(=O)(=O)O.O=C1CN(S(=O)(=O)c2ccc3cc(Cl)ccc3c2)CC2OC3(CCN(c4ccncn4)CC3)CN12. The van der Waals surface area contributed by atoms with Crippen LogP contribution in [0.4, 0.5) is 5.82 Å². The standard InChI is InChI=1S/C24H24ClN5O4S.CH4O3S/c25-19-3-1-18-12-20(4-2-17(18)11-19)35(32,33)29-13-22(31)30-15-24(34-23(30)14-29)6-9-28(10-7-24)21-5-8-26-16-27-21;1-5(2,3)4/h1-5,8,11-12,16,23H,6-7,9-10,13-15H2;1H3,(H,2,3,4). The minimum absolute atomic E-state index is 0.115. The Morgan fingerprint density at radius 3 is 2.40 bits per heavy atom. The number of sulfonamides is 1. The van der Waals surface area contributed by atoms with Crippen LogP contribution in [0.5, 0.6) is 0 Å². The van der Waals surface area contributed by atoms with Gasteiger partial charge in [-0.3, -0.25) is 9.35 Å². The number of benzene rings is 2. The second-order valence-corrected chi connectivity index (χ2v) is 13.9. The van der Waals surface area contributed by atoms with Crippen molar-refractivity contribution in [1.82, 2.24) is 19.2 Å². The molecule has 15 heteroatoms. The smallest absolute Gasteiger partial charge is 0.261 e. The van der Waals surface area contributed by atoms with Gasteiger partial charge in [0.25, 0.3) is 10.1 Å². The zero-order valence-corrected chi connectivity index (χ0v) is 23.9. The summed E-state index contributed by atoms with van der Waals surface area (Å²) >= 11 is 6.05. The Bertz CT molecular complexity index is 1620. The zero-order valence-electron chi connectivity index (χ0n) is 21.6. The van der Waals surface area contributed by atoms with Crippen molar-refractivity contribution in [3.63, 3.8) is 0 Å². The molecule has 3 fully saturated rings. The molecule has 0 saturated carbocycles. The first-order valence-corrected chi connectivity index (χ1v) is 16.1. The Morgan fingerprint density at radius 1 is 1.05 bits per heavy atom. The van der Waals surface area contributed by atoms with Gasteiger partial charge in [-0.2, -0.15) is 12.7 Å². The molecular formula is C25H28ClN5O7S2. The van der Waals surface area contributed by atoms with Crippen molar-refractivity contribution in [3.8, 4) is 0 Å². The number of anilines is 1. The fraction of sp³-hybridized carbons (Fsp3) is 0.400. The summed E-state index contributed by atoms with van der Waals surface area (Å²) in [6.07, 6.45) is 4.85. The van der Waals surface area contributed by atoms with Gasteiger partial charge in [0.2, 0.25) is 15.9 Å². The van der Waals surface area contributed by atoms with Gasteiger partial charge in [-0.05, 0) is 53.9 Å².